The minimum atomic E-state index is -0.798. The highest BCUT2D eigenvalue weighted by molar-refractivity contribution is 6.36. The monoisotopic (exact) mass is 435 g/mol. The number of amides is 2. The number of rotatable bonds is 8. The van der Waals surface area contributed by atoms with E-state index in [9.17, 15) is 9.59 Å². The van der Waals surface area contributed by atoms with Gasteiger partial charge in [-0.2, -0.15) is 5.10 Å². The molecule has 0 aromatic heterocycles. The van der Waals surface area contributed by atoms with E-state index in [-0.39, 0.29) is 16.5 Å². The fraction of sp³-hybridized carbons (Fsp3) is 0.286. The Hall–Kier alpha value is -2.57. The number of hydrazone groups is 1. The van der Waals surface area contributed by atoms with Crippen LogP contribution in [0.2, 0.25) is 10.0 Å². The number of para-hydroxylation sites is 1. The van der Waals surface area contributed by atoms with Crippen molar-refractivity contribution in [1.82, 2.24) is 10.7 Å². The molecular weight excluding hydrogens is 413 g/mol. The first-order valence-corrected chi connectivity index (χ1v) is 9.89. The summed E-state index contributed by atoms with van der Waals surface area (Å²) in [6, 6.07) is 11.1. The molecule has 29 heavy (non-hydrogen) atoms. The lowest BCUT2D eigenvalue weighted by Gasteiger charge is -2.20. The van der Waals surface area contributed by atoms with E-state index in [0.29, 0.717) is 17.4 Å². The van der Waals surface area contributed by atoms with Gasteiger partial charge in [0.2, 0.25) is 0 Å². The average molecular weight is 436 g/mol. The molecule has 0 aliphatic carbocycles. The van der Waals surface area contributed by atoms with Crippen LogP contribution in [0.3, 0.4) is 0 Å². The maximum Gasteiger partial charge on any atom is 0.262 e. The molecule has 0 spiro atoms. The molecule has 0 bridgehead atoms. The van der Waals surface area contributed by atoms with E-state index in [1.807, 2.05) is 45.0 Å². The number of carbonyl (C=O) groups is 2. The maximum atomic E-state index is 12.6. The Morgan fingerprint density at radius 1 is 1.17 bits per heavy atom. The second-order valence-corrected chi connectivity index (χ2v) is 7.37. The molecule has 2 aromatic carbocycles. The summed E-state index contributed by atoms with van der Waals surface area (Å²) in [4.78, 5) is 25.1. The summed E-state index contributed by atoms with van der Waals surface area (Å²) in [7, 11) is 0. The van der Waals surface area contributed by atoms with E-state index in [2.05, 4.69) is 15.8 Å². The predicted molar refractivity (Wildman–Crippen MR) is 116 cm³/mol. The molecule has 1 unspecified atom stereocenters. The number of nitrogens with zero attached hydrogens (tertiary/aromatic N) is 1. The van der Waals surface area contributed by atoms with Crippen molar-refractivity contribution in [3.8, 4) is 5.75 Å². The van der Waals surface area contributed by atoms with Gasteiger partial charge in [-0.05, 0) is 43.2 Å². The number of carbonyl (C=O) groups excluding carboxylic acids is 2. The number of benzene rings is 2. The minimum Gasteiger partial charge on any atom is -0.493 e. The number of hydrogen-bond acceptors (Lipinski definition) is 4. The fourth-order valence-electron chi connectivity index (χ4n) is 2.54. The van der Waals surface area contributed by atoms with Crippen LogP contribution in [0.25, 0.3) is 0 Å². The normalized spacial score (nSPS) is 12.1. The van der Waals surface area contributed by atoms with E-state index < -0.39 is 17.9 Å². The van der Waals surface area contributed by atoms with Gasteiger partial charge in [-0.15, -0.1) is 0 Å². The second-order valence-electron chi connectivity index (χ2n) is 6.52. The second kappa shape index (κ2) is 10.8. The zero-order valence-corrected chi connectivity index (χ0v) is 17.9. The highest BCUT2D eigenvalue weighted by Gasteiger charge is 2.25. The van der Waals surface area contributed by atoms with Crippen LogP contribution in [0.5, 0.6) is 5.75 Å². The average Bonchev–Trinajstić information content (AvgIpc) is 2.67. The Morgan fingerprint density at radius 3 is 2.55 bits per heavy atom. The van der Waals surface area contributed by atoms with Gasteiger partial charge in [0.05, 0.1) is 23.4 Å². The highest BCUT2D eigenvalue weighted by Crippen LogP contribution is 2.21. The summed E-state index contributed by atoms with van der Waals surface area (Å²) in [5.41, 5.74) is 3.44. The molecule has 6 nitrogen and oxygen atoms in total. The molecule has 0 saturated heterocycles. The Kier molecular flexibility index (Phi) is 8.49. The number of hydrogen-bond donors (Lipinski definition) is 2. The quantitative estimate of drug-likeness (QED) is 0.479. The minimum absolute atomic E-state index is 0.170. The van der Waals surface area contributed by atoms with Gasteiger partial charge in [-0.1, -0.05) is 49.2 Å². The smallest absolute Gasteiger partial charge is 0.262 e. The highest BCUT2D eigenvalue weighted by atomic mass is 35.5. The standard InChI is InChI=1S/C21H23Cl2N3O3/c1-4-29-18-8-6-5-7-14(18)12-24-26-21(28)19(13(2)3)25-20(27)16-10-9-15(22)11-17(16)23/h5-13,19H,4H2,1-3H3,(H,25,27)(H,26,28). The fourth-order valence-corrected chi connectivity index (χ4v) is 3.03. The molecule has 2 aromatic rings. The van der Waals surface area contributed by atoms with E-state index in [1.165, 1.54) is 18.3 Å². The Morgan fingerprint density at radius 2 is 1.90 bits per heavy atom. The molecule has 8 heteroatoms. The first-order chi connectivity index (χ1) is 13.8. The van der Waals surface area contributed by atoms with Crippen molar-refractivity contribution in [1.29, 1.82) is 0 Å². The van der Waals surface area contributed by atoms with Crippen LogP contribution in [0.4, 0.5) is 0 Å². The molecular formula is C21H23Cl2N3O3. The summed E-state index contributed by atoms with van der Waals surface area (Å²) in [6.07, 6.45) is 1.50. The van der Waals surface area contributed by atoms with Crippen LogP contribution < -0.4 is 15.5 Å². The van der Waals surface area contributed by atoms with Crippen LogP contribution in [-0.4, -0.2) is 30.7 Å². The molecule has 0 aliphatic heterocycles. The molecule has 2 N–H and O–H groups in total. The van der Waals surface area contributed by atoms with Gasteiger partial charge in [-0.3, -0.25) is 9.59 Å². The van der Waals surface area contributed by atoms with Gasteiger partial charge in [0, 0.05) is 10.6 Å². The lowest BCUT2D eigenvalue weighted by molar-refractivity contribution is -0.123. The van der Waals surface area contributed by atoms with Crippen molar-refractivity contribution >= 4 is 41.2 Å². The third-order valence-corrected chi connectivity index (χ3v) is 4.56. The molecule has 0 saturated carbocycles. The van der Waals surface area contributed by atoms with Gasteiger partial charge in [0.25, 0.3) is 11.8 Å². The lowest BCUT2D eigenvalue weighted by Crippen LogP contribution is -2.48. The van der Waals surface area contributed by atoms with Crippen molar-refractivity contribution in [2.45, 2.75) is 26.8 Å². The lowest BCUT2D eigenvalue weighted by atomic mass is 10.0. The summed E-state index contributed by atoms with van der Waals surface area (Å²) < 4.78 is 5.52. The van der Waals surface area contributed by atoms with Gasteiger partial charge < -0.3 is 10.1 Å². The van der Waals surface area contributed by atoms with Gasteiger partial charge >= 0.3 is 0 Å². The van der Waals surface area contributed by atoms with Crippen molar-refractivity contribution in [3.63, 3.8) is 0 Å². The predicted octanol–water partition coefficient (Wildman–Crippen LogP) is 4.30. The van der Waals surface area contributed by atoms with Crippen molar-refractivity contribution < 1.29 is 14.3 Å². The molecule has 0 aliphatic rings. The first kappa shape index (κ1) is 22.7. The van der Waals surface area contributed by atoms with Gasteiger partial charge in [-0.25, -0.2) is 5.43 Å². The summed E-state index contributed by atoms with van der Waals surface area (Å²) in [5, 5.41) is 7.33. The molecule has 154 valence electrons. The van der Waals surface area contributed by atoms with Crippen LogP contribution in [-0.2, 0) is 4.79 Å². The number of nitrogens with one attached hydrogen (secondary N) is 2. The Labute approximate surface area is 180 Å². The third kappa shape index (κ3) is 6.48. The summed E-state index contributed by atoms with van der Waals surface area (Å²) >= 11 is 11.9. The topological polar surface area (TPSA) is 79.8 Å². The summed E-state index contributed by atoms with van der Waals surface area (Å²) in [5.74, 6) is -0.412. The van der Waals surface area contributed by atoms with Crippen LogP contribution in [0, 0.1) is 5.92 Å². The van der Waals surface area contributed by atoms with Crippen molar-refractivity contribution in [3.05, 3.63) is 63.6 Å². The number of ether oxygens (including phenoxy) is 1. The molecule has 0 heterocycles. The molecule has 1 atom stereocenters. The van der Waals surface area contributed by atoms with Crippen molar-refractivity contribution in [2.75, 3.05) is 6.61 Å². The van der Waals surface area contributed by atoms with E-state index in [4.69, 9.17) is 27.9 Å². The molecule has 0 radical (unpaired) electrons. The zero-order valence-electron chi connectivity index (χ0n) is 16.4. The van der Waals surface area contributed by atoms with Gasteiger partial charge in [0.1, 0.15) is 11.8 Å². The molecule has 2 rings (SSSR count). The Balaban J connectivity index is 2.07. The van der Waals surface area contributed by atoms with Crippen LogP contribution >= 0.6 is 23.2 Å². The SMILES string of the molecule is CCOc1ccccc1C=NNC(=O)C(NC(=O)c1ccc(Cl)cc1Cl)C(C)C. The molecule has 2 amide bonds. The maximum absolute atomic E-state index is 12.6. The van der Waals surface area contributed by atoms with Crippen molar-refractivity contribution in [2.24, 2.45) is 11.0 Å². The van der Waals surface area contributed by atoms with E-state index in [1.54, 1.807) is 6.07 Å². The van der Waals surface area contributed by atoms with Gasteiger partial charge in [0.15, 0.2) is 0 Å². The number of halogens is 2. The zero-order chi connectivity index (χ0) is 21.4. The molecule has 0 fully saturated rings. The van der Waals surface area contributed by atoms with Crippen LogP contribution in [0.1, 0.15) is 36.7 Å². The first-order valence-electron chi connectivity index (χ1n) is 9.14. The van der Waals surface area contributed by atoms with E-state index >= 15 is 0 Å². The van der Waals surface area contributed by atoms with Crippen LogP contribution in [0.15, 0.2) is 47.6 Å². The Bertz CT molecular complexity index is 900. The third-order valence-electron chi connectivity index (χ3n) is 4.01. The largest absolute Gasteiger partial charge is 0.493 e. The van der Waals surface area contributed by atoms with E-state index in [0.717, 1.165) is 5.56 Å². The summed E-state index contributed by atoms with van der Waals surface area (Å²) in [6.45, 7) is 6.05.